The molecule has 0 atom stereocenters. The summed E-state index contributed by atoms with van der Waals surface area (Å²) >= 11 is 8.74. The van der Waals surface area contributed by atoms with Crippen molar-refractivity contribution in [3.8, 4) is 5.75 Å². The molecule has 0 amide bonds. The molecule has 2 nitrogen and oxygen atoms in total. The molecule has 0 saturated carbocycles. The van der Waals surface area contributed by atoms with E-state index in [-0.39, 0.29) is 28.0 Å². The van der Waals surface area contributed by atoms with Crippen molar-refractivity contribution in [2.24, 2.45) is 0 Å². The van der Waals surface area contributed by atoms with Gasteiger partial charge in [-0.05, 0) is 52.3 Å². The molecule has 0 aliphatic rings. The molecule has 0 aliphatic carbocycles. The van der Waals surface area contributed by atoms with Crippen LogP contribution in [0.4, 0.5) is 4.39 Å². The fourth-order valence-electron chi connectivity index (χ4n) is 1.54. The molecule has 0 aromatic heterocycles. The van der Waals surface area contributed by atoms with Crippen molar-refractivity contribution in [1.82, 2.24) is 0 Å². The van der Waals surface area contributed by atoms with Crippen molar-refractivity contribution in [1.29, 1.82) is 0 Å². The van der Waals surface area contributed by atoms with Crippen LogP contribution in [-0.2, 0) is 0 Å². The quantitative estimate of drug-likeness (QED) is 0.631. The van der Waals surface area contributed by atoms with Crippen LogP contribution in [0, 0.1) is 5.82 Å². The van der Waals surface area contributed by atoms with E-state index in [2.05, 4.69) is 15.9 Å². The second-order valence-corrected chi connectivity index (χ2v) is 5.20. The smallest absolute Gasteiger partial charge is 0.189 e. The van der Waals surface area contributed by atoms with Gasteiger partial charge in [0.25, 0.3) is 0 Å². The lowest BCUT2D eigenvalue weighted by Gasteiger charge is -2.02. The Bertz CT molecular complexity index is 746. The summed E-state index contributed by atoms with van der Waals surface area (Å²) in [5.41, 5.74) is -0.00858. The van der Waals surface area contributed by atoms with Gasteiger partial charge < -0.3 is 5.11 Å². The summed E-state index contributed by atoms with van der Waals surface area (Å²) < 4.78 is 21.8. The number of aromatic hydroxyl groups is 1. The van der Waals surface area contributed by atoms with Crippen LogP contribution in [0.3, 0.4) is 0 Å². The summed E-state index contributed by atoms with van der Waals surface area (Å²) in [4.78, 5) is 12.1. The lowest BCUT2D eigenvalue weighted by atomic mass is 10.1. The number of para-hydroxylation sites is 1. The Kier molecular flexibility index (Phi) is 4.14. The van der Waals surface area contributed by atoms with Gasteiger partial charge in [0.1, 0.15) is 11.6 Å². The van der Waals surface area contributed by atoms with E-state index in [1.165, 1.54) is 18.2 Å². The average Bonchev–Trinajstić information content (AvgIpc) is 2.41. The van der Waals surface area contributed by atoms with Gasteiger partial charge in [-0.2, -0.15) is 0 Å². The second-order valence-electron chi connectivity index (χ2n) is 3.91. The number of phenols is 1. The Labute approximate surface area is 130 Å². The van der Waals surface area contributed by atoms with Crippen LogP contribution in [0.1, 0.15) is 17.3 Å². The SMILES string of the molecule is [2H]C(=CC(=O)c1cccc(Br)c1O)c1ccc(Cl)cc1F. The Morgan fingerprint density at radius 3 is 2.85 bits per heavy atom. The third kappa shape index (κ3) is 3.26. The van der Waals surface area contributed by atoms with Crippen molar-refractivity contribution in [3.63, 3.8) is 0 Å². The molecule has 0 radical (unpaired) electrons. The maximum Gasteiger partial charge on any atom is 0.189 e. The Hall–Kier alpha value is -1.65. The largest absolute Gasteiger partial charge is 0.506 e. The Morgan fingerprint density at radius 2 is 2.15 bits per heavy atom. The minimum absolute atomic E-state index is 0.0310. The van der Waals surface area contributed by atoms with Gasteiger partial charge in [-0.25, -0.2) is 4.39 Å². The molecule has 5 heteroatoms. The van der Waals surface area contributed by atoms with Crippen LogP contribution < -0.4 is 0 Å². The molecule has 0 bridgehead atoms. The van der Waals surface area contributed by atoms with Crippen LogP contribution in [0.2, 0.25) is 5.02 Å². The van der Waals surface area contributed by atoms with Gasteiger partial charge in [0, 0.05) is 10.6 Å². The highest BCUT2D eigenvalue weighted by Gasteiger charge is 2.10. The zero-order valence-electron chi connectivity index (χ0n) is 11.0. The molecular weight excluding hydrogens is 347 g/mol. The second kappa shape index (κ2) is 6.20. The van der Waals surface area contributed by atoms with Gasteiger partial charge in [-0.15, -0.1) is 0 Å². The van der Waals surface area contributed by atoms with Gasteiger partial charge in [0.15, 0.2) is 5.78 Å². The van der Waals surface area contributed by atoms with Gasteiger partial charge in [-0.1, -0.05) is 23.7 Å². The van der Waals surface area contributed by atoms with Gasteiger partial charge in [0.05, 0.1) is 11.4 Å². The standard InChI is InChI=1S/C15H9BrClFO2/c16-12-3-1-2-11(15(12)20)14(19)7-5-9-4-6-10(17)8-13(9)18/h1-8,20H/i5D. The zero-order valence-corrected chi connectivity index (χ0v) is 12.4. The summed E-state index contributed by atoms with van der Waals surface area (Å²) in [6.07, 6.45) is 0.952. The normalized spacial score (nSPS) is 12.2. The van der Waals surface area contributed by atoms with Crippen LogP contribution >= 0.6 is 27.5 Å². The molecule has 2 aromatic carbocycles. The number of ketones is 1. The molecule has 0 aliphatic heterocycles. The van der Waals surface area contributed by atoms with E-state index in [1.54, 1.807) is 12.1 Å². The molecule has 2 aromatic rings. The average molecular weight is 357 g/mol. The number of halogens is 3. The van der Waals surface area contributed by atoms with E-state index < -0.39 is 11.6 Å². The van der Waals surface area contributed by atoms with Crippen molar-refractivity contribution in [2.75, 3.05) is 0 Å². The first-order chi connectivity index (χ1) is 9.90. The minimum atomic E-state index is -0.685. The van der Waals surface area contributed by atoms with Crippen LogP contribution in [0.25, 0.3) is 6.05 Å². The highest BCUT2D eigenvalue weighted by Crippen LogP contribution is 2.28. The van der Waals surface area contributed by atoms with Crippen LogP contribution in [-0.4, -0.2) is 10.9 Å². The third-order valence-corrected chi connectivity index (χ3v) is 3.42. The first kappa shape index (κ1) is 13.3. The van der Waals surface area contributed by atoms with Crippen molar-refractivity contribution < 1.29 is 15.7 Å². The van der Waals surface area contributed by atoms with Gasteiger partial charge >= 0.3 is 0 Å². The fourth-order valence-corrected chi connectivity index (χ4v) is 2.07. The lowest BCUT2D eigenvalue weighted by molar-refractivity contribution is 0.104. The maximum absolute atomic E-state index is 13.7. The Balaban J connectivity index is 2.38. The summed E-state index contributed by atoms with van der Waals surface area (Å²) in [6.45, 7) is 0. The van der Waals surface area contributed by atoms with E-state index in [0.29, 0.717) is 4.47 Å². The molecule has 0 heterocycles. The van der Waals surface area contributed by atoms with Crippen molar-refractivity contribution in [3.05, 3.63) is 68.9 Å². The van der Waals surface area contributed by atoms with Crippen molar-refractivity contribution in [2.45, 2.75) is 0 Å². The summed E-state index contributed by atoms with van der Waals surface area (Å²) in [5.74, 6) is -1.49. The number of hydrogen-bond acceptors (Lipinski definition) is 2. The highest BCUT2D eigenvalue weighted by atomic mass is 79.9. The fraction of sp³-hybridized carbons (Fsp3) is 0. The molecule has 102 valence electrons. The number of rotatable bonds is 3. The van der Waals surface area contributed by atoms with Gasteiger partial charge in [-0.3, -0.25) is 4.79 Å². The monoisotopic (exact) mass is 355 g/mol. The minimum Gasteiger partial charge on any atom is -0.506 e. The molecule has 0 spiro atoms. The topological polar surface area (TPSA) is 37.3 Å². The van der Waals surface area contributed by atoms with E-state index in [0.717, 1.165) is 12.1 Å². The van der Waals surface area contributed by atoms with E-state index >= 15 is 0 Å². The molecule has 2 rings (SSSR count). The van der Waals surface area contributed by atoms with Gasteiger partial charge in [0.2, 0.25) is 0 Å². The highest BCUT2D eigenvalue weighted by molar-refractivity contribution is 9.10. The third-order valence-electron chi connectivity index (χ3n) is 2.54. The molecule has 0 saturated heterocycles. The van der Waals surface area contributed by atoms with Crippen LogP contribution in [0.15, 0.2) is 46.9 Å². The molecular formula is C15H9BrClFO2. The van der Waals surface area contributed by atoms with Crippen LogP contribution in [0.5, 0.6) is 5.75 Å². The van der Waals surface area contributed by atoms with E-state index in [4.69, 9.17) is 13.0 Å². The number of phenolic OH excluding ortho intramolecular Hbond substituents is 1. The number of carbonyl (C=O) groups is 1. The predicted molar refractivity (Wildman–Crippen MR) is 80.6 cm³/mol. The maximum atomic E-state index is 13.7. The predicted octanol–water partition coefficient (Wildman–Crippen LogP) is 4.84. The first-order valence-electron chi connectivity index (χ1n) is 6.05. The number of hydrogen-bond donors (Lipinski definition) is 1. The summed E-state index contributed by atoms with van der Waals surface area (Å²) in [7, 11) is 0. The molecule has 20 heavy (non-hydrogen) atoms. The Morgan fingerprint density at radius 1 is 1.40 bits per heavy atom. The number of carbonyl (C=O) groups excluding carboxylic acids is 1. The summed E-state index contributed by atoms with van der Waals surface area (Å²) in [6, 6.07) is 8.11. The van der Waals surface area contributed by atoms with E-state index in [1.807, 2.05) is 0 Å². The van der Waals surface area contributed by atoms with E-state index in [9.17, 15) is 14.3 Å². The number of benzene rings is 2. The lowest BCUT2D eigenvalue weighted by Crippen LogP contribution is -1.95. The molecule has 1 N–H and O–H groups in total. The summed E-state index contributed by atoms with van der Waals surface area (Å²) in [5, 5.41) is 10.0. The van der Waals surface area contributed by atoms with Crippen molar-refractivity contribution >= 4 is 39.4 Å². The number of allylic oxidation sites excluding steroid dienone is 1. The molecule has 0 fully saturated rings. The first-order valence-corrected chi connectivity index (χ1v) is 6.73. The zero-order chi connectivity index (χ0) is 15.6. The molecule has 0 unspecified atom stereocenters.